The second-order valence-corrected chi connectivity index (χ2v) is 8.50. The van der Waals surface area contributed by atoms with Gasteiger partial charge in [-0.3, -0.25) is 0 Å². The molecule has 1 aliphatic carbocycles. The van der Waals surface area contributed by atoms with Gasteiger partial charge < -0.3 is 19.7 Å². The van der Waals surface area contributed by atoms with Gasteiger partial charge in [-0.05, 0) is 82.2 Å². The first-order chi connectivity index (χ1) is 14.2. The van der Waals surface area contributed by atoms with Gasteiger partial charge in [0.15, 0.2) is 11.5 Å². The van der Waals surface area contributed by atoms with Crippen LogP contribution in [0.5, 0.6) is 11.5 Å². The summed E-state index contributed by atoms with van der Waals surface area (Å²) in [6.45, 7) is 8.72. The summed E-state index contributed by atoms with van der Waals surface area (Å²) in [5.41, 5.74) is 3.82. The first kappa shape index (κ1) is 20.3. The van der Waals surface area contributed by atoms with Gasteiger partial charge in [-0.25, -0.2) is 4.98 Å². The van der Waals surface area contributed by atoms with E-state index in [0.717, 1.165) is 55.1 Å². The summed E-state index contributed by atoms with van der Waals surface area (Å²) >= 11 is 0. The molecule has 1 unspecified atom stereocenters. The first-order valence-corrected chi connectivity index (χ1v) is 11.3. The van der Waals surface area contributed by atoms with Crippen molar-refractivity contribution in [3.05, 3.63) is 23.3 Å². The van der Waals surface area contributed by atoms with E-state index >= 15 is 0 Å². The molecule has 1 N–H and O–H groups in total. The van der Waals surface area contributed by atoms with E-state index in [-0.39, 0.29) is 0 Å². The molecule has 5 nitrogen and oxygen atoms in total. The van der Waals surface area contributed by atoms with E-state index in [1.54, 1.807) is 7.11 Å². The van der Waals surface area contributed by atoms with E-state index in [0.29, 0.717) is 12.6 Å². The van der Waals surface area contributed by atoms with Crippen LogP contribution in [-0.4, -0.2) is 49.3 Å². The van der Waals surface area contributed by atoms with Gasteiger partial charge in [-0.2, -0.15) is 0 Å². The number of nitrogens with one attached hydrogen (secondary N) is 1. The maximum absolute atomic E-state index is 6.15. The minimum atomic E-state index is 0.421. The summed E-state index contributed by atoms with van der Waals surface area (Å²) in [6.07, 6.45) is 8.21. The van der Waals surface area contributed by atoms with Crippen LogP contribution in [0.3, 0.4) is 0 Å². The number of hydrogen-bond donors (Lipinski definition) is 1. The molecule has 29 heavy (non-hydrogen) atoms. The van der Waals surface area contributed by atoms with E-state index in [4.69, 9.17) is 14.5 Å². The van der Waals surface area contributed by atoms with Crippen LogP contribution in [0.2, 0.25) is 0 Å². The molecule has 1 aromatic carbocycles. The Bertz CT molecular complexity index is 846. The van der Waals surface area contributed by atoms with E-state index in [9.17, 15) is 0 Å². The van der Waals surface area contributed by atoms with Crippen molar-refractivity contribution in [1.29, 1.82) is 0 Å². The summed E-state index contributed by atoms with van der Waals surface area (Å²) < 4.78 is 11.8. The zero-order valence-corrected chi connectivity index (χ0v) is 18.2. The van der Waals surface area contributed by atoms with Gasteiger partial charge in [0.05, 0.1) is 19.2 Å². The summed E-state index contributed by atoms with van der Waals surface area (Å²) in [4.78, 5) is 7.53. The highest BCUT2D eigenvalue weighted by Gasteiger charge is 2.22. The average molecular weight is 398 g/mol. The Morgan fingerprint density at radius 2 is 1.90 bits per heavy atom. The third kappa shape index (κ3) is 4.45. The number of benzene rings is 1. The maximum Gasteiger partial charge on any atom is 0.163 e. The number of fused-ring (bicyclic) bond motifs is 3. The van der Waals surface area contributed by atoms with E-state index < -0.39 is 0 Å². The van der Waals surface area contributed by atoms with Gasteiger partial charge in [0.1, 0.15) is 5.82 Å². The van der Waals surface area contributed by atoms with Crippen LogP contribution in [0.1, 0.15) is 57.1 Å². The predicted octanol–water partition coefficient (Wildman–Crippen LogP) is 4.81. The van der Waals surface area contributed by atoms with Crippen molar-refractivity contribution in [2.75, 3.05) is 38.7 Å². The number of aromatic nitrogens is 1. The lowest BCUT2D eigenvalue weighted by Crippen LogP contribution is -2.21. The lowest BCUT2D eigenvalue weighted by atomic mass is 10.0. The van der Waals surface area contributed by atoms with E-state index in [1.807, 2.05) is 0 Å². The molecule has 0 amide bonds. The zero-order chi connectivity index (χ0) is 20.2. The molecule has 158 valence electrons. The standard InChI is InChI=1S/C24H35N3O2/c1-4-17(2)25-24-19-10-7-9-18(19)20-15-22(28-3)23(16-21(20)26-24)29-14-8-13-27-11-5-6-12-27/h15-17H,4-14H2,1-3H3,(H,25,26). The molecule has 0 spiro atoms. The van der Waals surface area contributed by atoms with E-state index in [2.05, 4.69) is 36.2 Å². The summed E-state index contributed by atoms with van der Waals surface area (Å²) in [5.74, 6) is 2.68. The highest BCUT2D eigenvalue weighted by atomic mass is 16.5. The molecule has 4 rings (SSSR count). The number of pyridine rings is 1. The van der Waals surface area contributed by atoms with Gasteiger partial charge in [-0.1, -0.05) is 6.92 Å². The monoisotopic (exact) mass is 397 g/mol. The minimum Gasteiger partial charge on any atom is -0.493 e. The van der Waals surface area contributed by atoms with Crippen molar-refractivity contribution in [3.8, 4) is 11.5 Å². The molecule has 1 aliphatic heterocycles. The second kappa shape index (κ2) is 9.21. The van der Waals surface area contributed by atoms with Gasteiger partial charge in [-0.15, -0.1) is 0 Å². The Morgan fingerprint density at radius 3 is 2.66 bits per heavy atom. The molecule has 0 bridgehead atoms. The molecular weight excluding hydrogens is 362 g/mol. The minimum absolute atomic E-state index is 0.421. The first-order valence-electron chi connectivity index (χ1n) is 11.3. The molecule has 2 heterocycles. The molecule has 1 saturated heterocycles. The van der Waals surface area contributed by atoms with Gasteiger partial charge in [0, 0.05) is 24.0 Å². The van der Waals surface area contributed by atoms with Crippen molar-refractivity contribution < 1.29 is 9.47 Å². The highest BCUT2D eigenvalue weighted by Crippen LogP contribution is 2.39. The summed E-state index contributed by atoms with van der Waals surface area (Å²) in [7, 11) is 1.73. The molecule has 0 saturated carbocycles. The lowest BCUT2D eigenvalue weighted by Gasteiger charge is -2.19. The number of hydrogen-bond acceptors (Lipinski definition) is 5. The third-order valence-electron chi connectivity index (χ3n) is 6.41. The smallest absolute Gasteiger partial charge is 0.163 e. The van der Waals surface area contributed by atoms with Gasteiger partial charge >= 0.3 is 0 Å². The van der Waals surface area contributed by atoms with Crippen LogP contribution >= 0.6 is 0 Å². The van der Waals surface area contributed by atoms with Gasteiger partial charge in [0.25, 0.3) is 0 Å². The van der Waals surface area contributed by atoms with Crippen LogP contribution in [0.15, 0.2) is 12.1 Å². The Labute approximate surface area is 174 Å². The molecule has 1 fully saturated rings. The molecule has 0 radical (unpaired) electrons. The van der Waals surface area contributed by atoms with Crippen LogP contribution in [0.4, 0.5) is 5.82 Å². The second-order valence-electron chi connectivity index (χ2n) is 8.50. The fraction of sp³-hybridized carbons (Fsp3) is 0.625. The van der Waals surface area contributed by atoms with E-state index in [1.165, 1.54) is 48.9 Å². The van der Waals surface area contributed by atoms with Gasteiger partial charge in [0.2, 0.25) is 0 Å². The SMILES string of the molecule is CCC(C)Nc1nc2cc(OCCCN3CCCC3)c(OC)cc2c2c1CCC2. The number of ether oxygens (including phenoxy) is 2. The van der Waals surface area contributed by atoms with Crippen molar-refractivity contribution in [2.45, 2.75) is 64.8 Å². The zero-order valence-electron chi connectivity index (χ0n) is 18.2. The predicted molar refractivity (Wildman–Crippen MR) is 119 cm³/mol. The average Bonchev–Trinajstić information content (AvgIpc) is 3.43. The number of nitrogens with zero attached hydrogens (tertiary/aromatic N) is 2. The normalized spacial score (nSPS) is 17.5. The van der Waals surface area contributed by atoms with Crippen LogP contribution < -0.4 is 14.8 Å². The van der Waals surface area contributed by atoms with Crippen molar-refractivity contribution in [2.24, 2.45) is 0 Å². The largest absolute Gasteiger partial charge is 0.493 e. The number of likely N-dealkylation sites (tertiary alicyclic amines) is 1. The topological polar surface area (TPSA) is 46.6 Å². The molecule has 2 aromatic rings. The fourth-order valence-corrected chi connectivity index (χ4v) is 4.58. The quantitative estimate of drug-likeness (QED) is 0.616. The fourth-order valence-electron chi connectivity index (χ4n) is 4.58. The van der Waals surface area contributed by atoms with Crippen LogP contribution in [0.25, 0.3) is 10.9 Å². The van der Waals surface area contributed by atoms with Crippen LogP contribution in [0, 0.1) is 0 Å². The molecule has 1 aromatic heterocycles. The number of anilines is 1. The number of aryl methyl sites for hydroxylation is 1. The number of methoxy groups -OCH3 is 1. The highest BCUT2D eigenvalue weighted by molar-refractivity contribution is 5.89. The molecule has 2 aliphatic rings. The van der Waals surface area contributed by atoms with Crippen molar-refractivity contribution in [1.82, 2.24) is 9.88 Å². The Kier molecular flexibility index (Phi) is 6.43. The Balaban J connectivity index is 1.57. The van der Waals surface area contributed by atoms with Crippen molar-refractivity contribution >= 4 is 16.7 Å². The van der Waals surface area contributed by atoms with Crippen LogP contribution in [-0.2, 0) is 12.8 Å². The lowest BCUT2D eigenvalue weighted by molar-refractivity contribution is 0.254. The Hall–Kier alpha value is -2.01. The molecule has 1 atom stereocenters. The summed E-state index contributed by atoms with van der Waals surface area (Å²) in [5, 5.41) is 4.84. The summed E-state index contributed by atoms with van der Waals surface area (Å²) in [6, 6.07) is 4.63. The molecule has 5 heteroatoms. The third-order valence-corrected chi connectivity index (χ3v) is 6.41. The van der Waals surface area contributed by atoms with Crippen molar-refractivity contribution in [3.63, 3.8) is 0 Å². The number of rotatable bonds is 9. The maximum atomic E-state index is 6.15. The Morgan fingerprint density at radius 1 is 1.10 bits per heavy atom. The molecular formula is C24H35N3O2.